The van der Waals surface area contributed by atoms with Crippen LogP contribution in [0.25, 0.3) is 11.1 Å². The number of carboxylic acid groups (broad SMARTS) is 1. The Hall–Kier alpha value is -3.45. The van der Waals surface area contributed by atoms with Crippen molar-refractivity contribution in [3.05, 3.63) is 82.9 Å². The van der Waals surface area contributed by atoms with Gasteiger partial charge in [0.15, 0.2) is 11.6 Å². The zero-order valence-electron chi connectivity index (χ0n) is 22.8. The third kappa shape index (κ3) is 6.70. The van der Waals surface area contributed by atoms with Crippen molar-refractivity contribution in [3.8, 4) is 22.6 Å². The van der Waals surface area contributed by atoms with Crippen molar-refractivity contribution in [1.29, 1.82) is 0 Å². The molecule has 0 saturated heterocycles. The largest absolute Gasteiger partial charge is 0.497 e. The lowest BCUT2D eigenvalue weighted by Crippen LogP contribution is -2.21. The van der Waals surface area contributed by atoms with E-state index in [9.17, 15) is 14.3 Å². The Morgan fingerprint density at radius 3 is 2.32 bits per heavy atom. The first-order valence-electron chi connectivity index (χ1n) is 12.6. The quantitative estimate of drug-likeness (QED) is 0.275. The van der Waals surface area contributed by atoms with E-state index in [0.29, 0.717) is 28.9 Å². The smallest absolute Gasteiger partial charge is 0.303 e. The SMILES string of the molecule is CC[C@H](CC(=O)O)c1cccc(OCc2ccc(-c3cc(OC)ccc3F)c([C@@H](OC)C(C)(C)C)c2)c1F. The summed E-state index contributed by atoms with van der Waals surface area (Å²) in [5.41, 5.74) is 2.60. The van der Waals surface area contributed by atoms with Crippen molar-refractivity contribution >= 4 is 5.97 Å². The Morgan fingerprint density at radius 1 is 0.974 bits per heavy atom. The Morgan fingerprint density at radius 2 is 1.71 bits per heavy atom. The van der Waals surface area contributed by atoms with Crippen LogP contribution in [0.2, 0.25) is 0 Å². The highest BCUT2D eigenvalue weighted by atomic mass is 19.1. The highest BCUT2D eigenvalue weighted by Gasteiger charge is 2.29. The number of methoxy groups -OCH3 is 2. The van der Waals surface area contributed by atoms with Gasteiger partial charge in [-0.25, -0.2) is 8.78 Å². The second-order valence-electron chi connectivity index (χ2n) is 10.4. The molecular formula is C31H36F2O5. The molecule has 2 atom stereocenters. The maximum Gasteiger partial charge on any atom is 0.303 e. The first-order chi connectivity index (χ1) is 18.0. The lowest BCUT2D eigenvalue weighted by atomic mass is 9.81. The van der Waals surface area contributed by atoms with Gasteiger partial charge in [-0.2, -0.15) is 0 Å². The van der Waals surface area contributed by atoms with Crippen molar-refractivity contribution in [2.24, 2.45) is 5.41 Å². The van der Waals surface area contributed by atoms with Crippen LogP contribution in [-0.2, 0) is 16.1 Å². The topological polar surface area (TPSA) is 65.0 Å². The zero-order chi connectivity index (χ0) is 28.0. The highest BCUT2D eigenvalue weighted by Crippen LogP contribution is 2.42. The van der Waals surface area contributed by atoms with Gasteiger partial charge in [-0.1, -0.05) is 52.0 Å². The lowest BCUT2D eigenvalue weighted by Gasteiger charge is -2.32. The molecule has 0 saturated carbocycles. The normalized spacial score (nSPS) is 13.2. The maximum atomic E-state index is 15.3. The van der Waals surface area contributed by atoms with E-state index in [4.69, 9.17) is 14.2 Å². The fourth-order valence-corrected chi connectivity index (χ4v) is 4.75. The van der Waals surface area contributed by atoms with Gasteiger partial charge in [-0.05, 0) is 70.3 Å². The molecule has 7 heteroatoms. The molecule has 0 bridgehead atoms. The summed E-state index contributed by atoms with van der Waals surface area (Å²) in [7, 11) is 3.15. The van der Waals surface area contributed by atoms with E-state index >= 15 is 4.39 Å². The van der Waals surface area contributed by atoms with Crippen LogP contribution in [0, 0.1) is 17.0 Å². The van der Waals surface area contributed by atoms with E-state index in [1.165, 1.54) is 19.2 Å². The number of halogens is 2. The molecular weight excluding hydrogens is 490 g/mol. The maximum absolute atomic E-state index is 15.3. The van der Waals surface area contributed by atoms with Gasteiger partial charge in [0.25, 0.3) is 0 Å². The highest BCUT2D eigenvalue weighted by molar-refractivity contribution is 5.71. The molecule has 0 amide bonds. The van der Waals surface area contributed by atoms with Gasteiger partial charge in [-0.3, -0.25) is 4.79 Å². The second-order valence-corrected chi connectivity index (χ2v) is 10.4. The summed E-state index contributed by atoms with van der Waals surface area (Å²) in [6.45, 7) is 8.01. The molecule has 38 heavy (non-hydrogen) atoms. The molecule has 1 N–H and O–H groups in total. The minimum atomic E-state index is -0.978. The average Bonchev–Trinajstić information content (AvgIpc) is 2.87. The van der Waals surface area contributed by atoms with Crippen LogP contribution in [0.1, 0.15) is 69.2 Å². The Kier molecular flexibility index (Phi) is 9.50. The molecule has 3 rings (SSSR count). The number of benzene rings is 3. The molecule has 3 aromatic rings. The Labute approximate surface area is 223 Å². The minimum absolute atomic E-state index is 0.0509. The van der Waals surface area contributed by atoms with Crippen LogP contribution in [-0.4, -0.2) is 25.3 Å². The van der Waals surface area contributed by atoms with E-state index in [1.54, 1.807) is 31.4 Å². The molecule has 0 heterocycles. The van der Waals surface area contributed by atoms with E-state index in [2.05, 4.69) is 0 Å². The van der Waals surface area contributed by atoms with Gasteiger partial charge in [-0.15, -0.1) is 0 Å². The first kappa shape index (κ1) is 29.1. The Bertz CT molecular complexity index is 1270. The summed E-state index contributed by atoms with van der Waals surface area (Å²) < 4.78 is 47.3. The molecule has 5 nitrogen and oxygen atoms in total. The monoisotopic (exact) mass is 526 g/mol. The van der Waals surface area contributed by atoms with Crippen molar-refractivity contribution in [1.82, 2.24) is 0 Å². The van der Waals surface area contributed by atoms with Crippen molar-refractivity contribution < 1.29 is 32.9 Å². The van der Waals surface area contributed by atoms with Gasteiger partial charge in [0.1, 0.15) is 18.2 Å². The Balaban J connectivity index is 2.00. The molecule has 3 aromatic carbocycles. The summed E-state index contributed by atoms with van der Waals surface area (Å²) in [4.78, 5) is 11.2. The molecule has 0 fully saturated rings. The molecule has 0 aliphatic rings. The van der Waals surface area contributed by atoms with Crippen LogP contribution in [0.15, 0.2) is 54.6 Å². The van der Waals surface area contributed by atoms with Crippen molar-refractivity contribution in [3.63, 3.8) is 0 Å². The number of rotatable bonds is 11. The second kappa shape index (κ2) is 12.4. The lowest BCUT2D eigenvalue weighted by molar-refractivity contribution is -0.137. The number of aliphatic carboxylic acids is 1. The summed E-state index contributed by atoms with van der Waals surface area (Å²) in [6, 6.07) is 14.9. The summed E-state index contributed by atoms with van der Waals surface area (Å²) in [5, 5.41) is 9.19. The van der Waals surface area contributed by atoms with Crippen LogP contribution in [0.4, 0.5) is 8.78 Å². The molecule has 0 unspecified atom stereocenters. The van der Waals surface area contributed by atoms with Gasteiger partial charge in [0, 0.05) is 12.7 Å². The van der Waals surface area contributed by atoms with E-state index in [0.717, 1.165) is 11.1 Å². The van der Waals surface area contributed by atoms with Gasteiger partial charge < -0.3 is 19.3 Å². The zero-order valence-corrected chi connectivity index (χ0v) is 22.8. The van der Waals surface area contributed by atoms with E-state index in [1.807, 2.05) is 45.9 Å². The molecule has 0 aliphatic carbocycles. The van der Waals surface area contributed by atoms with Crippen LogP contribution in [0.3, 0.4) is 0 Å². The third-order valence-corrected chi connectivity index (χ3v) is 6.63. The molecule has 0 spiro atoms. The number of hydrogen-bond acceptors (Lipinski definition) is 4. The summed E-state index contributed by atoms with van der Waals surface area (Å²) >= 11 is 0. The number of ether oxygens (including phenoxy) is 3. The first-order valence-corrected chi connectivity index (χ1v) is 12.6. The fraction of sp³-hybridized carbons (Fsp3) is 0.387. The third-order valence-electron chi connectivity index (χ3n) is 6.63. The van der Waals surface area contributed by atoms with Crippen molar-refractivity contribution in [2.75, 3.05) is 14.2 Å². The van der Waals surface area contributed by atoms with Gasteiger partial charge in [0.2, 0.25) is 0 Å². The number of hydrogen-bond donors (Lipinski definition) is 1. The van der Waals surface area contributed by atoms with Crippen LogP contribution >= 0.6 is 0 Å². The van der Waals surface area contributed by atoms with Crippen LogP contribution < -0.4 is 9.47 Å². The van der Waals surface area contributed by atoms with Crippen molar-refractivity contribution in [2.45, 2.75) is 59.2 Å². The molecule has 0 aromatic heterocycles. The van der Waals surface area contributed by atoms with Gasteiger partial charge >= 0.3 is 5.97 Å². The standard InChI is InChI=1S/C31H36F2O5/c1-7-20(16-28(34)35)22-9-8-10-27(29(22)33)38-18-19-11-13-23(24-17-21(36-5)12-14-26(24)32)25(15-19)30(37-6)31(2,3)4/h8-15,17,20,30H,7,16,18H2,1-6H3,(H,34,35)/t20-,30-/m1/s1. The summed E-state index contributed by atoms with van der Waals surface area (Å²) in [6.07, 6.45) is -0.0403. The van der Waals surface area contributed by atoms with E-state index < -0.39 is 17.7 Å². The predicted molar refractivity (Wildman–Crippen MR) is 144 cm³/mol. The average molecular weight is 527 g/mol. The molecule has 0 aliphatic heterocycles. The van der Waals surface area contributed by atoms with E-state index in [-0.39, 0.29) is 36.1 Å². The molecule has 204 valence electrons. The predicted octanol–water partition coefficient (Wildman–Crippen LogP) is 7.92. The van der Waals surface area contributed by atoms with Crippen LogP contribution in [0.5, 0.6) is 11.5 Å². The molecule has 0 radical (unpaired) electrons. The van der Waals surface area contributed by atoms with Gasteiger partial charge in [0.05, 0.1) is 19.6 Å². The minimum Gasteiger partial charge on any atom is -0.497 e. The summed E-state index contributed by atoms with van der Waals surface area (Å²) in [5.74, 6) is -1.78. The number of carboxylic acids is 1. The fourth-order valence-electron chi connectivity index (χ4n) is 4.75. The number of carbonyl (C=O) groups is 1.